The van der Waals surface area contributed by atoms with Crippen LogP contribution in [0.2, 0.25) is 0 Å². The minimum Gasteiger partial charge on any atom is -0.278 e. The van der Waals surface area contributed by atoms with Gasteiger partial charge in [0.25, 0.3) is 0 Å². The summed E-state index contributed by atoms with van der Waals surface area (Å²) in [5.74, 6) is 1.75. The van der Waals surface area contributed by atoms with Crippen molar-refractivity contribution in [3.8, 4) is 17.1 Å². The monoisotopic (exact) mass is 461 g/mol. The fourth-order valence-electron chi connectivity index (χ4n) is 4.19. The largest absolute Gasteiger partial charge is 0.278 e. The van der Waals surface area contributed by atoms with Crippen molar-refractivity contribution in [1.82, 2.24) is 14.8 Å². The summed E-state index contributed by atoms with van der Waals surface area (Å²) < 4.78 is 2.19. The SMILES string of the molecule is C/C=C(\C=C/C(C)(C)c1nnc(-c2ccc(C(C)(C)C)cc2)n1-c1ccccc1)c1ccccc1. The summed E-state index contributed by atoms with van der Waals surface area (Å²) >= 11 is 0. The number of aromatic nitrogens is 3. The topological polar surface area (TPSA) is 30.7 Å². The molecule has 0 spiro atoms. The summed E-state index contributed by atoms with van der Waals surface area (Å²) in [6, 6.07) is 29.5. The predicted molar refractivity (Wildman–Crippen MR) is 148 cm³/mol. The minimum absolute atomic E-state index is 0.104. The number of para-hydroxylation sites is 1. The van der Waals surface area contributed by atoms with Crippen molar-refractivity contribution in [1.29, 1.82) is 0 Å². The molecular weight excluding hydrogens is 426 g/mol. The molecule has 0 unspecified atom stereocenters. The van der Waals surface area contributed by atoms with E-state index in [9.17, 15) is 0 Å². The van der Waals surface area contributed by atoms with Crippen molar-refractivity contribution in [3.63, 3.8) is 0 Å². The highest BCUT2D eigenvalue weighted by molar-refractivity contribution is 5.74. The molecule has 35 heavy (non-hydrogen) atoms. The van der Waals surface area contributed by atoms with E-state index in [2.05, 4.69) is 137 Å². The van der Waals surface area contributed by atoms with Gasteiger partial charge >= 0.3 is 0 Å². The first-order chi connectivity index (χ1) is 16.7. The highest BCUT2D eigenvalue weighted by Crippen LogP contribution is 2.32. The van der Waals surface area contributed by atoms with Crippen LogP contribution in [-0.2, 0) is 10.8 Å². The lowest BCUT2D eigenvalue weighted by Crippen LogP contribution is -2.20. The number of benzene rings is 3. The van der Waals surface area contributed by atoms with Gasteiger partial charge in [0.05, 0.1) is 0 Å². The Morgan fingerprint density at radius 2 is 1.34 bits per heavy atom. The smallest absolute Gasteiger partial charge is 0.168 e. The second-order valence-corrected chi connectivity index (χ2v) is 10.5. The van der Waals surface area contributed by atoms with E-state index in [1.54, 1.807) is 0 Å². The van der Waals surface area contributed by atoms with Gasteiger partial charge in [0.15, 0.2) is 5.82 Å². The normalized spacial score (nSPS) is 12.9. The van der Waals surface area contributed by atoms with E-state index in [1.165, 1.54) is 16.7 Å². The van der Waals surface area contributed by atoms with Crippen LogP contribution >= 0.6 is 0 Å². The zero-order valence-corrected chi connectivity index (χ0v) is 21.7. The van der Waals surface area contributed by atoms with Crippen LogP contribution in [0.15, 0.2) is 103 Å². The van der Waals surface area contributed by atoms with Crippen LogP contribution in [0.25, 0.3) is 22.6 Å². The molecular formula is C32H35N3. The lowest BCUT2D eigenvalue weighted by Gasteiger charge is -2.22. The molecule has 178 valence electrons. The third-order valence-electron chi connectivity index (χ3n) is 6.36. The molecule has 0 fully saturated rings. The van der Waals surface area contributed by atoms with E-state index in [0.29, 0.717) is 0 Å². The second kappa shape index (κ2) is 9.87. The summed E-state index contributed by atoms with van der Waals surface area (Å²) in [5.41, 5.74) is 5.54. The fraction of sp³-hybridized carbons (Fsp3) is 0.250. The second-order valence-electron chi connectivity index (χ2n) is 10.5. The van der Waals surface area contributed by atoms with E-state index in [-0.39, 0.29) is 10.8 Å². The van der Waals surface area contributed by atoms with E-state index in [0.717, 1.165) is 22.9 Å². The van der Waals surface area contributed by atoms with E-state index in [1.807, 2.05) is 12.1 Å². The maximum atomic E-state index is 4.73. The van der Waals surface area contributed by atoms with Gasteiger partial charge in [-0.25, -0.2) is 0 Å². The Morgan fingerprint density at radius 1 is 0.743 bits per heavy atom. The van der Waals surface area contributed by atoms with Gasteiger partial charge < -0.3 is 0 Å². The first kappa shape index (κ1) is 24.4. The molecule has 3 heteroatoms. The van der Waals surface area contributed by atoms with E-state index >= 15 is 0 Å². The highest BCUT2D eigenvalue weighted by atomic mass is 15.3. The van der Waals surface area contributed by atoms with Gasteiger partial charge in [-0.15, -0.1) is 10.2 Å². The number of hydrogen-bond acceptors (Lipinski definition) is 2. The van der Waals surface area contributed by atoms with E-state index in [4.69, 9.17) is 10.2 Å². The number of nitrogens with zero attached hydrogens (tertiary/aromatic N) is 3. The maximum absolute atomic E-state index is 4.73. The van der Waals surface area contributed by atoms with Crippen molar-refractivity contribution in [2.24, 2.45) is 0 Å². The summed E-state index contributed by atoms with van der Waals surface area (Å²) in [5, 5.41) is 9.42. The first-order valence-electron chi connectivity index (χ1n) is 12.2. The van der Waals surface area contributed by atoms with Crippen LogP contribution in [0.4, 0.5) is 0 Å². The molecule has 4 aromatic rings. The Bertz CT molecular complexity index is 1320. The quantitative estimate of drug-likeness (QED) is 0.271. The summed E-state index contributed by atoms with van der Waals surface area (Å²) in [6.07, 6.45) is 6.56. The average Bonchev–Trinajstić information content (AvgIpc) is 3.31. The molecule has 0 bridgehead atoms. The molecule has 0 saturated heterocycles. The van der Waals surface area contributed by atoms with Crippen molar-refractivity contribution in [2.75, 3.05) is 0 Å². The Labute approximate surface area is 209 Å². The third kappa shape index (κ3) is 5.35. The molecule has 0 aliphatic rings. The zero-order valence-electron chi connectivity index (χ0n) is 21.7. The molecule has 3 aromatic carbocycles. The zero-order chi connectivity index (χ0) is 25.1. The average molecular weight is 462 g/mol. The Kier molecular flexibility index (Phi) is 6.88. The summed E-state index contributed by atoms with van der Waals surface area (Å²) in [6.45, 7) is 13.2. The third-order valence-corrected chi connectivity index (χ3v) is 6.36. The standard InChI is InChI=1S/C32H35N3/c1-7-24(25-14-10-8-11-15-25)22-23-32(5,6)30-34-33-29(35(30)28-16-12-9-13-17-28)26-18-20-27(21-19-26)31(2,3)4/h7-23H,1-6H3/b23-22-,24-7+. The molecule has 4 rings (SSSR count). The first-order valence-corrected chi connectivity index (χ1v) is 12.2. The Balaban J connectivity index is 1.78. The van der Waals surface area contributed by atoms with E-state index < -0.39 is 0 Å². The minimum atomic E-state index is -0.352. The van der Waals surface area contributed by atoms with Gasteiger partial charge in [-0.05, 0) is 55.0 Å². The number of allylic oxidation sites excluding steroid dienone is 4. The van der Waals surface area contributed by atoms with Crippen LogP contribution in [0, 0.1) is 0 Å². The molecule has 0 amide bonds. The van der Waals surface area contributed by atoms with Crippen molar-refractivity contribution in [3.05, 3.63) is 120 Å². The van der Waals surface area contributed by atoms with Crippen molar-refractivity contribution >= 4 is 5.57 Å². The predicted octanol–water partition coefficient (Wildman–Crippen LogP) is 8.17. The number of hydrogen-bond donors (Lipinski definition) is 0. The highest BCUT2D eigenvalue weighted by Gasteiger charge is 2.28. The fourth-order valence-corrected chi connectivity index (χ4v) is 4.19. The molecule has 0 aliphatic heterocycles. The molecule has 1 aromatic heterocycles. The Hall–Kier alpha value is -3.72. The molecule has 0 radical (unpaired) electrons. The maximum Gasteiger partial charge on any atom is 0.168 e. The van der Waals surface area contributed by atoms with Crippen LogP contribution in [0.1, 0.15) is 58.5 Å². The van der Waals surface area contributed by atoms with Gasteiger partial charge in [0.1, 0.15) is 5.82 Å². The molecule has 1 heterocycles. The molecule has 0 N–H and O–H groups in total. The lowest BCUT2D eigenvalue weighted by molar-refractivity contribution is 0.590. The summed E-state index contributed by atoms with van der Waals surface area (Å²) in [4.78, 5) is 0. The number of rotatable bonds is 6. The molecule has 0 atom stereocenters. The lowest BCUT2D eigenvalue weighted by atomic mass is 9.86. The van der Waals surface area contributed by atoms with Gasteiger partial charge in [0, 0.05) is 16.7 Å². The molecule has 3 nitrogen and oxygen atoms in total. The van der Waals surface area contributed by atoms with Crippen molar-refractivity contribution in [2.45, 2.75) is 52.4 Å². The molecule has 0 aliphatic carbocycles. The van der Waals surface area contributed by atoms with Gasteiger partial charge in [-0.3, -0.25) is 4.57 Å². The van der Waals surface area contributed by atoms with Crippen molar-refractivity contribution < 1.29 is 0 Å². The van der Waals surface area contributed by atoms with Crippen LogP contribution in [0.3, 0.4) is 0 Å². The molecule has 0 saturated carbocycles. The van der Waals surface area contributed by atoms with Gasteiger partial charge in [0.2, 0.25) is 0 Å². The van der Waals surface area contributed by atoms with Crippen LogP contribution in [-0.4, -0.2) is 14.8 Å². The Morgan fingerprint density at radius 3 is 1.91 bits per heavy atom. The van der Waals surface area contributed by atoms with Gasteiger partial charge in [-0.2, -0.15) is 0 Å². The van der Waals surface area contributed by atoms with Crippen LogP contribution < -0.4 is 0 Å². The summed E-state index contributed by atoms with van der Waals surface area (Å²) in [7, 11) is 0. The van der Waals surface area contributed by atoms with Gasteiger partial charge in [-0.1, -0.05) is 112 Å². The van der Waals surface area contributed by atoms with Crippen LogP contribution in [0.5, 0.6) is 0 Å².